The van der Waals surface area contributed by atoms with E-state index in [2.05, 4.69) is 31.2 Å². The van der Waals surface area contributed by atoms with Crippen LogP contribution in [0.3, 0.4) is 0 Å². The van der Waals surface area contributed by atoms with Crippen molar-refractivity contribution in [1.29, 1.82) is 0 Å². The molecule has 4 nitrogen and oxygen atoms in total. The Kier molecular flexibility index (Phi) is 4.98. The summed E-state index contributed by atoms with van der Waals surface area (Å²) in [4.78, 5) is 19.9. The van der Waals surface area contributed by atoms with Crippen molar-refractivity contribution in [3.05, 3.63) is 85.8 Å². The molecule has 0 aliphatic carbocycles. The first-order valence-corrected chi connectivity index (χ1v) is 10.6. The zero-order chi connectivity index (χ0) is 23.7. The van der Waals surface area contributed by atoms with Crippen molar-refractivity contribution in [3.8, 4) is 11.4 Å². The van der Waals surface area contributed by atoms with Crippen LogP contribution in [0.5, 0.6) is 0 Å². The molecule has 0 saturated carbocycles. The second kappa shape index (κ2) is 7.53. The first kappa shape index (κ1) is 21.8. The number of benzene rings is 3. The van der Waals surface area contributed by atoms with Crippen LogP contribution in [0.15, 0.2) is 46.9 Å². The third-order valence-electron chi connectivity index (χ3n) is 5.34. The summed E-state index contributed by atoms with van der Waals surface area (Å²) in [5.41, 5.74) is 0.280. The van der Waals surface area contributed by atoms with Crippen LogP contribution in [0.1, 0.15) is 33.1 Å². The maximum atomic E-state index is 14.0. The summed E-state index contributed by atoms with van der Waals surface area (Å²) >= 11 is 9.57. The minimum Gasteiger partial charge on any atom is -0.341 e. The fourth-order valence-corrected chi connectivity index (χ4v) is 4.66. The Morgan fingerprint density at radius 3 is 2.52 bits per heavy atom. The van der Waals surface area contributed by atoms with Gasteiger partial charge in [-0.1, -0.05) is 11.6 Å². The summed E-state index contributed by atoms with van der Waals surface area (Å²) in [6.45, 7) is 0. The largest absolute Gasteiger partial charge is 0.416 e. The molecule has 4 aromatic rings. The average molecular weight is 543 g/mol. The Morgan fingerprint density at radius 1 is 1.03 bits per heavy atom. The number of carbonyl (C=O) groups is 1. The first-order chi connectivity index (χ1) is 15.5. The molecule has 0 spiro atoms. The molecule has 1 atom stereocenters. The summed E-state index contributed by atoms with van der Waals surface area (Å²) in [6, 6.07) is 6.49. The van der Waals surface area contributed by atoms with Gasteiger partial charge in [0.25, 0.3) is 5.91 Å². The Labute approximate surface area is 195 Å². The second-order valence-corrected chi connectivity index (χ2v) is 8.69. The number of aromatic nitrogens is 2. The van der Waals surface area contributed by atoms with Crippen molar-refractivity contribution in [2.75, 3.05) is 0 Å². The van der Waals surface area contributed by atoms with Crippen molar-refractivity contribution in [2.45, 2.75) is 12.2 Å². The van der Waals surface area contributed by atoms with Gasteiger partial charge in [-0.25, -0.2) is 13.8 Å². The van der Waals surface area contributed by atoms with Gasteiger partial charge in [-0.2, -0.15) is 13.2 Å². The van der Waals surface area contributed by atoms with E-state index < -0.39 is 35.3 Å². The smallest absolute Gasteiger partial charge is 0.341 e. The summed E-state index contributed by atoms with van der Waals surface area (Å²) in [5.74, 6) is -2.12. The number of carbonyl (C=O) groups excluding carboxylic acids is 1. The molecule has 33 heavy (non-hydrogen) atoms. The van der Waals surface area contributed by atoms with E-state index in [0.29, 0.717) is 32.7 Å². The van der Waals surface area contributed by atoms with Gasteiger partial charge in [0.1, 0.15) is 23.0 Å². The molecule has 5 rings (SSSR count). The van der Waals surface area contributed by atoms with Crippen LogP contribution < -0.4 is 5.32 Å². The Bertz CT molecular complexity index is 1470. The number of rotatable bonds is 2. The van der Waals surface area contributed by atoms with Crippen LogP contribution in [-0.4, -0.2) is 15.9 Å². The van der Waals surface area contributed by atoms with E-state index in [1.807, 2.05) is 0 Å². The molecule has 1 unspecified atom stereocenters. The number of nitrogens with one attached hydrogen (secondary N) is 2. The van der Waals surface area contributed by atoms with Gasteiger partial charge >= 0.3 is 6.18 Å². The number of aromatic amines is 1. The van der Waals surface area contributed by atoms with E-state index >= 15 is 0 Å². The average Bonchev–Trinajstić information content (AvgIpc) is 3.31. The van der Waals surface area contributed by atoms with Gasteiger partial charge in [-0.15, -0.1) is 0 Å². The Morgan fingerprint density at radius 2 is 1.79 bits per heavy atom. The Hall–Kier alpha value is -2.98. The first-order valence-electron chi connectivity index (χ1n) is 9.39. The lowest BCUT2D eigenvalue weighted by Crippen LogP contribution is -2.20. The third kappa shape index (κ3) is 3.67. The number of imidazole rings is 1. The molecule has 11 heteroatoms. The normalized spacial score (nSPS) is 15.7. The van der Waals surface area contributed by atoms with Crippen LogP contribution in [0.25, 0.3) is 22.4 Å². The van der Waals surface area contributed by atoms with Gasteiger partial charge in [-0.05, 0) is 58.4 Å². The number of hydrogen-bond donors (Lipinski definition) is 2. The molecule has 0 fully saturated rings. The monoisotopic (exact) mass is 541 g/mol. The lowest BCUT2D eigenvalue weighted by atomic mass is 9.97. The van der Waals surface area contributed by atoms with Gasteiger partial charge in [0, 0.05) is 31.7 Å². The molecule has 3 aromatic carbocycles. The number of nitrogens with zero attached hydrogens (tertiary/aromatic N) is 1. The van der Waals surface area contributed by atoms with Crippen LogP contribution in [-0.2, 0) is 6.18 Å². The standard InChI is InChI=1S/C22H10BrClF5N3O/c23-14-7-13-16(17(32-21(13)33)12-6-10(25)1-2-15(12)24)19-18(14)30-20(31-19)8-3-9(22(27,28)29)5-11(26)4-8/h1-7,17H,(H,30,31)(H,32,33). The molecule has 1 aliphatic heterocycles. The molecule has 0 bridgehead atoms. The van der Waals surface area contributed by atoms with Gasteiger partial charge < -0.3 is 10.3 Å². The molecule has 1 aromatic heterocycles. The maximum Gasteiger partial charge on any atom is 0.416 e. The van der Waals surface area contributed by atoms with Crippen molar-refractivity contribution in [1.82, 2.24) is 15.3 Å². The minimum atomic E-state index is -4.75. The number of H-pyrrole nitrogens is 1. The van der Waals surface area contributed by atoms with Gasteiger partial charge in [0.2, 0.25) is 0 Å². The second-order valence-electron chi connectivity index (χ2n) is 7.43. The molecule has 0 radical (unpaired) electrons. The fraction of sp³-hybridized carbons (Fsp3) is 0.0909. The highest BCUT2D eigenvalue weighted by molar-refractivity contribution is 9.10. The predicted octanol–water partition coefficient (Wildman–Crippen LogP) is 6.78. The van der Waals surface area contributed by atoms with Gasteiger partial charge in [-0.3, -0.25) is 4.79 Å². The van der Waals surface area contributed by atoms with Gasteiger partial charge in [0.15, 0.2) is 0 Å². The molecule has 168 valence electrons. The molecule has 2 heterocycles. The lowest BCUT2D eigenvalue weighted by Gasteiger charge is -2.15. The zero-order valence-corrected chi connectivity index (χ0v) is 18.5. The number of halogens is 7. The summed E-state index contributed by atoms with van der Waals surface area (Å²) in [5, 5.41) is 2.96. The number of fused-ring (bicyclic) bond motifs is 3. The molecule has 1 aliphatic rings. The highest BCUT2D eigenvalue weighted by Crippen LogP contribution is 2.42. The highest BCUT2D eigenvalue weighted by atomic mass is 79.9. The minimum absolute atomic E-state index is 0.0347. The van der Waals surface area contributed by atoms with E-state index in [0.717, 1.165) is 12.1 Å². The van der Waals surface area contributed by atoms with E-state index in [4.69, 9.17) is 11.6 Å². The van der Waals surface area contributed by atoms with E-state index in [1.54, 1.807) is 0 Å². The van der Waals surface area contributed by atoms with Gasteiger partial charge in [0.05, 0.1) is 17.1 Å². The number of hydrogen-bond acceptors (Lipinski definition) is 2. The Balaban J connectivity index is 1.74. The summed E-state index contributed by atoms with van der Waals surface area (Å²) in [7, 11) is 0. The lowest BCUT2D eigenvalue weighted by molar-refractivity contribution is -0.137. The number of alkyl halides is 3. The highest BCUT2D eigenvalue weighted by Gasteiger charge is 2.36. The molecular weight excluding hydrogens is 533 g/mol. The van der Waals surface area contributed by atoms with Crippen LogP contribution in [0.4, 0.5) is 22.0 Å². The van der Waals surface area contributed by atoms with Crippen LogP contribution in [0, 0.1) is 11.6 Å². The van der Waals surface area contributed by atoms with Crippen LogP contribution in [0.2, 0.25) is 5.02 Å². The predicted molar refractivity (Wildman–Crippen MR) is 115 cm³/mol. The van der Waals surface area contributed by atoms with Crippen molar-refractivity contribution in [2.24, 2.45) is 0 Å². The maximum absolute atomic E-state index is 14.0. The van der Waals surface area contributed by atoms with Crippen molar-refractivity contribution >= 4 is 44.5 Å². The topological polar surface area (TPSA) is 57.8 Å². The van der Waals surface area contributed by atoms with Crippen LogP contribution >= 0.6 is 27.5 Å². The van der Waals surface area contributed by atoms with E-state index in [-0.39, 0.29) is 22.0 Å². The molecule has 0 saturated heterocycles. The molecular formula is C22H10BrClF5N3O. The van der Waals surface area contributed by atoms with Crippen molar-refractivity contribution in [3.63, 3.8) is 0 Å². The molecule has 1 amide bonds. The quantitative estimate of drug-likeness (QED) is 0.275. The van der Waals surface area contributed by atoms with Crippen molar-refractivity contribution < 1.29 is 26.7 Å². The fourth-order valence-electron chi connectivity index (χ4n) is 3.91. The van der Waals surface area contributed by atoms with E-state index in [9.17, 15) is 26.7 Å². The summed E-state index contributed by atoms with van der Waals surface area (Å²) in [6.07, 6.45) is -4.75. The number of amides is 1. The summed E-state index contributed by atoms with van der Waals surface area (Å²) < 4.78 is 67.8. The third-order valence-corrected chi connectivity index (χ3v) is 6.29. The SMILES string of the molecule is O=C1NC(c2cc(F)ccc2Cl)c2c1cc(Br)c1nc(-c3cc(F)cc(C(F)(F)F)c3)[nH]c21. The zero-order valence-electron chi connectivity index (χ0n) is 16.1. The molecule has 2 N–H and O–H groups in total. The van der Waals surface area contributed by atoms with E-state index in [1.165, 1.54) is 24.3 Å².